The van der Waals surface area contributed by atoms with E-state index >= 15 is 0 Å². The lowest BCUT2D eigenvalue weighted by molar-refractivity contribution is -0.158. The molecule has 0 spiro atoms. The molecular formula is C23H24N2O4S. The van der Waals surface area contributed by atoms with Crippen LogP contribution in [0, 0.1) is 11.8 Å². The van der Waals surface area contributed by atoms with Crippen LogP contribution >= 0.6 is 0 Å². The molecule has 2 aliphatic rings. The summed E-state index contributed by atoms with van der Waals surface area (Å²) < 4.78 is 25.1. The molecule has 2 aliphatic heterocycles. The molecule has 0 aliphatic carbocycles. The van der Waals surface area contributed by atoms with Gasteiger partial charge in [-0.2, -0.15) is 4.31 Å². The first-order chi connectivity index (χ1) is 14.4. The zero-order valence-corrected chi connectivity index (χ0v) is 17.5. The molecule has 4 rings (SSSR count). The number of rotatable bonds is 4. The summed E-state index contributed by atoms with van der Waals surface area (Å²) in [5.41, 5.74) is 3.04. The maximum atomic E-state index is 12.4. The number of hydrogen-bond donors (Lipinski definition) is 1. The van der Waals surface area contributed by atoms with Gasteiger partial charge in [-0.15, -0.1) is 0 Å². The van der Waals surface area contributed by atoms with Crippen molar-refractivity contribution in [3.63, 3.8) is 0 Å². The van der Waals surface area contributed by atoms with E-state index in [2.05, 4.69) is 11.8 Å². The van der Waals surface area contributed by atoms with Gasteiger partial charge >= 0.3 is 0 Å². The fourth-order valence-electron chi connectivity index (χ4n) is 4.36. The number of carbonyl (C=O) groups is 1. The second-order valence-electron chi connectivity index (χ2n) is 7.79. The van der Waals surface area contributed by atoms with Gasteiger partial charge in [0, 0.05) is 24.4 Å². The van der Waals surface area contributed by atoms with Crippen LogP contribution in [-0.4, -0.2) is 66.7 Å². The number of carbonyl (C=O) groups excluding carboxylic acids is 1. The number of hydrogen-bond acceptors (Lipinski definition) is 4. The molecule has 2 fully saturated rings. The Labute approximate surface area is 177 Å². The Morgan fingerprint density at radius 2 is 1.80 bits per heavy atom. The Morgan fingerprint density at radius 3 is 2.43 bits per heavy atom. The number of aliphatic hydroxyl groups is 1. The Hall–Kier alpha value is -2.66. The van der Waals surface area contributed by atoms with Crippen LogP contribution in [0.3, 0.4) is 0 Å². The number of benzene rings is 2. The molecule has 2 aromatic rings. The maximum absolute atomic E-state index is 12.4. The van der Waals surface area contributed by atoms with Gasteiger partial charge in [-0.25, -0.2) is 8.42 Å². The van der Waals surface area contributed by atoms with Crippen molar-refractivity contribution in [2.75, 3.05) is 26.0 Å². The average Bonchev–Trinajstić information content (AvgIpc) is 2.70. The minimum absolute atomic E-state index is 0.102. The summed E-state index contributed by atoms with van der Waals surface area (Å²) in [5.74, 6) is 5.97. The summed E-state index contributed by atoms with van der Waals surface area (Å²) in [4.78, 5) is 14.1. The van der Waals surface area contributed by atoms with E-state index in [1.165, 1.54) is 9.87 Å². The van der Waals surface area contributed by atoms with Crippen molar-refractivity contribution >= 4 is 15.9 Å². The quantitative estimate of drug-likeness (QED) is 0.749. The Morgan fingerprint density at radius 1 is 1.10 bits per heavy atom. The first-order valence-electron chi connectivity index (χ1n) is 9.88. The molecule has 2 aromatic carbocycles. The van der Waals surface area contributed by atoms with E-state index in [0.29, 0.717) is 6.42 Å². The number of sulfonamides is 1. The van der Waals surface area contributed by atoms with Crippen molar-refractivity contribution in [2.24, 2.45) is 0 Å². The zero-order valence-electron chi connectivity index (χ0n) is 16.7. The van der Waals surface area contributed by atoms with Gasteiger partial charge in [-0.3, -0.25) is 4.79 Å². The maximum Gasteiger partial charge on any atom is 0.238 e. The Kier molecular flexibility index (Phi) is 5.65. The van der Waals surface area contributed by atoms with Crippen LogP contribution in [0.4, 0.5) is 0 Å². The molecule has 0 radical (unpaired) electrons. The summed E-state index contributed by atoms with van der Waals surface area (Å²) in [6.07, 6.45) is 1.80. The van der Waals surface area contributed by atoms with Crippen molar-refractivity contribution in [3.05, 3.63) is 71.3 Å². The van der Waals surface area contributed by atoms with Crippen LogP contribution in [0.1, 0.15) is 22.6 Å². The zero-order chi connectivity index (χ0) is 21.3. The van der Waals surface area contributed by atoms with Crippen LogP contribution < -0.4 is 0 Å². The molecule has 0 saturated carbocycles. The van der Waals surface area contributed by atoms with Crippen LogP contribution in [0.2, 0.25) is 0 Å². The van der Waals surface area contributed by atoms with Crippen LogP contribution in [0.15, 0.2) is 54.6 Å². The topological polar surface area (TPSA) is 77.9 Å². The third-order valence-corrected chi connectivity index (χ3v) is 7.07. The van der Waals surface area contributed by atoms with E-state index in [9.17, 15) is 18.3 Å². The number of piperazine rings is 1. The summed E-state index contributed by atoms with van der Waals surface area (Å²) in [6.45, 7) is -0.0523. The van der Waals surface area contributed by atoms with Gasteiger partial charge in [-0.05, 0) is 23.3 Å². The van der Waals surface area contributed by atoms with Crippen molar-refractivity contribution in [1.29, 1.82) is 0 Å². The number of nitrogens with zero attached hydrogens (tertiary/aromatic N) is 2. The third kappa shape index (κ3) is 3.99. The van der Waals surface area contributed by atoms with E-state index in [-0.39, 0.29) is 43.6 Å². The van der Waals surface area contributed by atoms with E-state index in [1.54, 1.807) is 4.90 Å². The molecule has 30 heavy (non-hydrogen) atoms. The Bertz CT molecular complexity index is 1090. The molecule has 1 N–H and O–H groups in total. The predicted octanol–water partition coefficient (Wildman–Crippen LogP) is 1.21. The van der Waals surface area contributed by atoms with E-state index < -0.39 is 10.0 Å². The molecule has 2 heterocycles. The highest BCUT2D eigenvalue weighted by atomic mass is 32.2. The van der Waals surface area contributed by atoms with Crippen molar-refractivity contribution in [2.45, 2.75) is 24.4 Å². The van der Waals surface area contributed by atoms with Crippen molar-refractivity contribution in [1.82, 2.24) is 9.21 Å². The minimum Gasteiger partial charge on any atom is -0.394 e. The van der Waals surface area contributed by atoms with Gasteiger partial charge in [0.2, 0.25) is 15.9 Å². The minimum atomic E-state index is -3.45. The van der Waals surface area contributed by atoms with Crippen LogP contribution in [-0.2, 0) is 21.2 Å². The van der Waals surface area contributed by atoms with Gasteiger partial charge in [0.1, 0.15) is 0 Å². The fourth-order valence-corrected chi connectivity index (χ4v) is 5.12. The van der Waals surface area contributed by atoms with E-state index in [4.69, 9.17) is 0 Å². The molecule has 3 atom stereocenters. The van der Waals surface area contributed by atoms with Crippen LogP contribution in [0.25, 0.3) is 0 Å². The normalized spacial score (nSPS) is 23.9. The summed E-state index contributed by atoms with van der Waals surface area (Å²) >= 11 is 0. The molecule has 156 valence electrons. The molecule has 6 nitrogen and oxygen atoms in total. The number of fused-ring (bicyclic) bond motifs is 1. The first kappa shape index (κ1) is 20.6. The number of amides is 1. The lowest BCUT2D eigenvalue weighted by Gasteiger charge is -2.58. The standard InChI is InChI=1S/C23H24N2O4S/c1-30(28,29)24-14-20-23(21(16-26)25(20)22(27)15-24)19-12-10-18(11-13-19)9-5-8-17-6-3-2-4-7-17/h2-4,6-7,10-13,20-21,23,26H,8,14-16H2,1H3/t20-,21-,23+/m1/s1. The third-order valence-electron chi connectivity index (χ3n) is 5.85. The lowest BCUT2D eigenvalue weighted by atomic mass is 9.74. The van der Waals surface area contributed by atoms with Crippen molar-refractivity contribution < 1.29 is 18.3 Å². The first-order valence-corrected chi connectivity index (χ1v) is 11.7. The van der Waals surface area contributed by atoms with Gasteiger partial charge < -0.3 is 10.0 Å². The van der Waals surface area contributed by atoms with Crippen molar-refractivity contribution in [3.8, 4) is 11.8 Å². The van der Waals surface area contributed by atoms with Gasteiger partial charge in [0.05, 0.1) is 31.5 Å². The summed E-state index contributed by atoms with van der Waals surface area (Å²) in [7, 11) is -3.45. The molecule has 2 saturated heterocycles. The van der Waals surface area contributed by atoms with Crippen LogP contribution in [0.5, 0.6) is 0 Å². The van der Waals surface area contributed by atoms with Gasteiger partial charge in [0.15, 0.2) is 0 Å². The molecule has 0 aromatic heterocycles. The molecule has 1 amide bonds. The molecule has 0 bridgehead atoms. The summed E-state index contributed by atoms with van der Waals surface area (Å²) in [6, 6.07) is 17.3. The van der Waals surface area contributed by atoms with E-state index in [0.717, 1.165) is 17.4 Å². The predicted molar refractivity (Wildman–Crippen MR) is 114 cm³/mol. The van der Waals surface area contributed by atoms with Gasteiger partial charge in [-0.1, -0.05) is 54.3 Å². The highest BCUT2D eigenvalue weighted by Gasteiger charge is 2.54. The molecule has 0 unspecified atom stereocenters. The highest BCUT2D eigenvalue weighted by Crippen LogP contribution is 2.43. The highest BCUT2D eigenvalue weighted by molar-refractivity contribution is 7.88. The smallest absolute Gasteiger partial charge is 0.238 e. The second-order valence-corrected chi connectivity index (χ2v) is 9.77. The molecular weight excluding hydrogens is 400 g/mol. The molecule has 7 heteroatoms. The number of aliphatic hydroxyl groups excluding tert-OH is 1. The summed E-state index contributed by atoms with van der Waals surface area (Å²) in [5, 5.41) is 9.83. The SMILES string of the molecule is CS(=O)(=O)N1CC(=O)N2[C@H](CO)[C@@H](c3ccc(C#CCc4ccccc4)cc3)[C@H]2C1. The average molecular weight is 425 g/mol. The van der Waals surface area contributed by atoms with Gasteiger partial charge in [0.25, 0.3) is 0 Å². The largest absolute Gasteiger partial charge is 0.394 e. The Balaban J connectivity index is 1.50. The fraction of sp³-hybridized carbons (Fsp3) is 0.348. The second kappa shape index (κ2) is 8.23. The van der Waals surface area contributed by atoms with E-state index in [1.807, 2.05) is 54.6 Å². The lowest BCUT2D eigenvalue weighted by Crippen LogP contribution is -2.73. The monoisotopic (exact) mass is 424 g/mol.